The summed E-state index contributed by atoms with van der Waals surface area (Å²) in [6.45, 7) is 0. The second-order valence-electron chi connectivity index (χ2n) is 1.87. The molecule has 1 heterocycles. The molecular formula is C7H7NO3Zn. The quantitative estimate of drug-likeness (QED) is 0.746. The van der Waals surface area contributed by atoms with Crippen molar-refractivity contribution in [1.29, 1.82) is 0 Å². The van der Waals surface area contributed by atoms with Crippen LogP contribution in [0.4, 0.5) is 0 Å². The Morgan fingerprint density at radius 3 is 2.75 bits per heavy atom. The van der Waals surface area contributed by atoms with Gasteiger partial charge in [-0.2, -0.15) is 0 Å². The number of carboxylic acids is 1. The van der Waals surface area contributed by atoms with Crippen molar-refractivity contribution >= 4 is 5.97 Å². The van der Waals surface area contributed by atoms with E-state index >= 15 is 0 Å². The minimum Gasteiger partial charge on any atom is -0.481 e. The predicted octanol–water partition coefficient (Wildman–Crippen LogP) is 0.786. The summed E-state index contributed by atoms with van der Waals surface area (Å²) < 4.78 is 4.73. The first-order valence-electron chi connectivity index (χ1n) is 2.98. The van der Waals surface area contributed by atoms with E-state index in [4.69, 9.17) is 9.84 Å². The second-order valence-corrected chi connectivity index (χ2v) is 1.87. The SMILES string of the molecule is COc1cccc(C(=O)O)n1.[Zn]. The topological polar surface area (TPSA) is 59.4 Å². The van der Waals surface area contributed by atoms with Gasteiger partial charge in [0.1, 0.15) is 0 Å². The van der Waals surface area contributed by atoms with Crippen molar-refractivity contribution in [2.75, 3.05) is 7.11 Å². The van der Waals surface area contributed by atoms with E-state index in [2.05, 4.69) is 4.98 Å². The molecule has 60 valence electrons. The Labute approximate surface area is 82.3 Å². The minimum absolute atomic E-state index is 0. The molecule has 5 heteroatoms. The van der Waals surface area contributed by atoms with Crippen LogP contribution < -0.4 is 4.74 Å². The molecule has 0 radical (unpaired) electrons. The molecule has 0 aliphatic rings. The molecule has 0 fully saturated rings. The number of carboxylic acid groups (broad SMARTS) is 1. The van der Waals surface area contributed by atoms with Crippen LogP contribution in [0.1, 0.15) is 10.5 Å². The Kier molecular flexibility index (Phi) is 4.44. The molecule has 0 amide bonds. The summed E-state index contributed by atoms with van der Waals surface area (Å²) in [5.41, 5.74) is -0.00986. The van der Waals surface area contributed by atoms with Gasteiger partial charge in [0.05, 0.1) is 7.11 Å². The van der Waals surface area contributed by atoms with E-state index in [-0.39, 0.29) is 25.2 Å². The number of aromatic nitrogens is 1. The van der Waals surface area contributed by atoms with E-state index in [0.717, 1.165) is 0 Å². The van der Waals surface area contributed by atoms with Crippen molar-refractivity contribution in [3.8, 4) is 5.88 Å². The number of hydrogen-bond acceptors (Lipinski definition) is 3. The van der Waals surface area contributed by atoms with E-state index in [0.29, 0.717) is 5.88 Å². The first kappa shape index (κ1) is 11.0. The standard InChI is InChI=1S/C7H7NO3.Zn/c1-11-6-4-2-3-5(8-6)7(9)10;/h2-4H,1H3,(H,9,10);. The molecule has 1 rings (SSSR count). The van der Waals surface area contributed by atoms with Gasteiger partial charge in [0.15, 0.2) is 5.69 Å². The van der Waals surface area contributed by atoms with Gasteiger partial charge in [-0.3, -0.25) is 0 Å². The molecule has 1 aromatic heterocycles. The van der Waals surface area contributed by atoms with Gasteiger partial charge in [-0.05, 0) is 6.07 Å². The molecule has 0 aromatic carbocycles. The molecule has 0 bridgehead atoms. The van der Waals surface area contributed by atoms with Crippen molar-refractivity contribution in [1.82, 2.24) is 4.98 Å². The number of methoxy groups -OCH3 is 1. The molecule has 0 saturated carbocycles. The van der Waals surface area contributed by atoms with Crippen LogP contribution in [0.5, 0.6) is 5.88 Å². The number of rotatable bonds is 2. The molecule has 1 N–H and O–H groups in total. The molecule has 0 spiro atoms. The monoisotopic (exact) mass is 217 g/mol. The van der Waals surface area contributed by atoms with Gasteiger partial charge in [0.25, 0.3) is 0 Å². The summed E-state index contributed by atoms with van der Waals surface area (Å²) in [5, 5.41) is 8.49. The zero-order valence-corrected chi connectivity index (χ0v) is 9.62. The molecule has 12 heavy (non-hydrogen) atoms. The van der Waals surface area contributed by atoms with Gasteiger partial charge < -0.3 is 9.84 Å². The summed E-state index contributed by atoms with van der Waals surface area (Å²) in [7, 11) is 1.44. The third kappa shape index (κ3) is 2.59. The fourth-order valence-electron chi connectivity index (χ4n) is 0.648. The summed E-state index contributed by atoms with van der Waals surface area (Å²) in [6.07, 6.45) is 0. The van der Waals surface area contributed by atoms with Crippen LogP contribution in [0, 0.1) is 0 Å². The van der Waals surface area contributed by atoms with E-state index in [1.807, 2.05) is 0 Å². The molecule has 0 aliphatic carbocycles. The van der Waals surface area contributed by atoms with Crippen molar-refractivity contribution < 1.29 is 34.1 Å². The number of aromatic carboxylic acids is 1. The van der Waals surface area contributed by atoms with E-state index in [1.165, 1.54) is 13.2 Å². The van der Waals surface area contributed by atoms with Crippen LogP contribution in [-0.2, 0) is 19.5 Å². The van der Waals surface area contributed by atoms with Gasteiger partial charge in [-0.15, -0.1) is 0 Å². The van der Waals surface area contributed by atoms with Crippen molar-refractivity contribution in [3.63, 3.8) is 0 Å². The Morgan fingerprint density at radius 1 is 1.58 bits per heavy atom. The maximum absolute atomic E-state index is 10.4. The normalized spacial score (nSPS) is 8.42. The third-order valence-electron chi connectivity index (χ3n) is 1.15. The van der Waals surface area contributed by atoms with Gasteiger partial charge in [-0.1, -0.05) is 6.07 Å². The molecule has 0 atom stereocenters. The number of hydrogen-bond donors (Lipinski definition) is 1. The van der Waals surface area contributed by atoms with Crippen LogP contribution >= 0.6 is 0 Å². The maximum Gasteiger partial charge on any atom is 0.354 e. The Morgan fingerprint density at radius 2 is 2.25 bits per heavy atom. The average molecular weight is 219 g/mol. The number of ether oxygens (including phenoxy) is 1. The van der Waals surface area contributed by atoms with Gasteiger partial charge >= 0.3 is 5.97 Å². The number of carbonyl (C=O) groups is 1. The second kappa shape index (κ2) is 4.83. The third-order valence-corrected chi connectivity index (χ3v) is 1.15. The Bertz CT molecular complexity index is 277. The minimum atomic E-state index is -1.05. The summed E-state index contributed by atoms with van der Waals surface area (Å²) >= 11 is 0. The van der Waals surface area contributed by atoms with E-state index < -0.39 is 5.97 Å². The molecule has 4 nitrogen and oxygen atoms in total. The zero-order chi connectivity index (χ0) is 8.27. The molecular weight excluding hydrogens is 211 g/mol. The van der Waals surface area contributed by atoms with Crippen LogP contribution in [0.25, 0.3) is 0 Å². The van der Waals surface area contributed by atoms with Gasteiger partial charge in [-0.25, -0.2) is 9.78 Å². The fourth-order valence-corrected chi connectivity index (χ4v) is 0.648. The van der Waals surface area contributed by atoms with Crippen LogP contribution in [0.3, 0.4) is 0 Å². The molecule has 0 aliphatic heterocycles. The number of pyridine rings is 1. The van der Waals surface area contributed by atoms with Crippen LogP contribution in [-0.4, -0.2) is 23.2 Å². The van der Waals surface area contributed by atoms with Crippen molar-refractivity contribution in [2.24, 2.45) is 0 Å². The first-order chi connectivity index (χ1) is 5.24. The maximum atomic E-state index is 10.4. The van der Waals surface area contributed by atoms with E-state index in [9.17, 15) is 4.79 Å². The molecule has 0 saturated heterocycles. The predicted molar refractivity (Wildman–Crippen MR) is 37.7 cm³/mol. The fraction of sp³-hybridized carbons (Fsp3) is 0.143. The smallest absolute Gasteiger partial charge is 0.354 e. The van der Waals surface area contributed by atoms with Crippen LogP contribution in [0.2, 0.25) is 0 Å². The van der Waals surface area contributed by atoms with Gasteiger partial charge in [0.2, 0.25) is 5.88 Å². The first-order valence-corrected chi connectivity index (χ1v) is 2.98. The number of nitrogens with zero attached hydrogens (tertiary/aromatic N) is 1. The molecule has 0 unspecified atom stereocenters. The summed E-state index contributed by atoms with van der Waals surface area (Å²) in [6, 6.07) is 4.58. The summed E-state index contributed by atoms with van der Waals surface area (Å²) in [4.78, 5) is 14.0. The average Bonchev–Trinajstić information content (AvgIpc) is 2.05. The molecule has 1 aromatic rings. The Hall–Kier alpha value is -0.957. The van der Waals surface area contributed by atoms with Crippen molar-refractivity contribution in [2.45, 2.75) is 0 Å². The zero-order valence-electron chi connectivity index (χ0n) is 6.65. The van der Waals surface area contributed by atoms with Gasteiger partial charge in [0, 0.05) is 25.5 Å². The van der Waals surface area contributed by atoms with Crippen LogP contribution in [0.15, 0.2) is 18.2 Å². The van der Waals surface area contributed by atoms with E-state index in [1.54, 1.807) is 12.1 Å². The largest absolute Gasteiger partial charge is 0.481 e. The summed E-state index contributed by atoms with van der Waals surface area (Å²) in [5.74, 6) is -0.742. The Balaban J connectivity index is 0.00000121. The van der Waals surface area contributed by atoms with Crippen molar-refractivity contribution in [3.05, 3.63) is 23.9 Å².